The maximum Gasteiger partial charge on any atom is 0.0856 e. The highest BCUT2D eigenvalue weighted by atomic mass is 16.5. The van der Waals surface area contributed by atoms with Gasteiger partial charge in [-0.1, -0.05) is 0 Å². The molecule has 0 spiro atoms. The highest BCUT2D eigenvalue weighted by Gasteiger charge is 2.19. The van der Waals surface area contributed by atoms with Crippen LogP contribution < -0.4 is 0 Å². The molecule has 0 saturated heterocycles. The average molecular weight is 178 g/mol. The summed E-state index contributed by atoms with van der Waals surface area (Å²) >= 11 is 0. The Morgan fingerprint density at radius 3 is 2.17 bits per heavy atom. The van der Waals surface area contributed by atoms with E-state index in [2.05, 4.69) is 0 Å². The zero-order valence-electron chi connectivity index (χ0n) is 7.44. The van der Waals surface area contributed by atoms with Crippen LogP contribution in [0.15, 0.2) is 0 Å². The van der Waals surface area contributed by atoms with E-state index in [1.165, 1.54) is 0 Å². The van der Waals surface area contributed by atoms with Gasteiger partial charge in [0, 0.05) is 25.7 Å². The molecule has 4 nitrogen and oxygen atoms in total. The number of aliphatic hydroxyl groups is 3. The van der Waals surface area contributed by atoms with E-state index in [1.807, 2.05) is 6.92 Å². The van der Waals surface area contributed by atoms with Crippen molar-refractivity contribution in [2.45, 2.75) is 19.4 Å². The van der Waals surface area contributed by atoms with Crippen molar-refractivity contribution in [1.29, 1.82) is 0 Å². The highest BCUT2D eigenvalue weighted by molar-refractivity contribution is 4.68. The quantitative estimate of drug-likeness (QED) is 0.485. The van der Waals surface area contributed by atoms with Crippen molar-refractivity contribution in [3.8, 4) is 0 Å². The van der Waals surface area contributed by atoms with E-state index >= 15 is 0 Å². The Balaban J connectivity index is 3.84. The molecule has 0 rings (SSSR count). The molecule has 0 aromatic carbocycles. The van der Waals surface area contributed by atoms with Crippen LogP contribution in [-0.4, -0.2) is 47.9 Å². The monoisotopic (exact) mass is 178 g/mol. The summed E-state index contributed by atoms with van der Waals surface area (Å²) in [5, 5.41) is 26.4. The standard InChI is InChI=1S/C8H18O4/c1-2-12-8(6-11)7(5-10)3-4-9/h7-11H,2-6H2,1H3. The van der Waals surface area contributed by atoms with Crippen molar-refractivity contribution in [2.75, 3.05) is 26.4 Å². The first kappa shape index (κ1) is 11.8. The maximum atomic E-state index is 8.88. The molecule has 2 atom stereocenters. The number of hydrogen-bond donors (Lipinski definition) is 3. The second kappa shape index (κ2) is 7.49. The number of rotatable bonds is 7. The van der Waals surface area contributed by atoms with Gasteiger partial charge in [-0.25, -0.2) is 0 Å². The Bertz CT molecular complexity index is 85.1. The van der Waals surface area contributed by atoms with E-state index in [1.54, 1.807) is 0 Å². The lowest BCUT2D eigenvalue weighted by atomic mass is 10.0. The van der Waals surface area contributed by atoms with Crippen LogP contribution in [0.4, 0.5) is 0 Å². The molecule has 4 heteroatoms. The summed E-state index contributed by atoms with van der Waals surface area (Å²) in [7, 11) is 0. The molecule has 0 radical (unpaired) electrons. The molecule has 0 aromatic rings. The molecular weight excluding hydrogens is 160 g/mol. The van der Waals surface area contributed by atoms with Crippen LogP contribution >= 0.6 is 0 Å². The third kappa shape index (κ3) is 4.01. The Morgan fingerprint density at radius 2 is 1.83 bits per heavy atom. The van der Waals surface area contributed by atoms with Gasteiger partial charge >= 0.3 is 0 Å². The Labute approximate surface area is 72.8 Å². The zero-order chi connectivity index (χ0) is 9.40. The van der Waals surface area contributed by atoms with Crippen molar-refractivity contribution in [3.63, 3.8) is 0 Å². The third-order valence-electron chi connectivity index (χ3n) is 1.82. The van der Waals surface area contributed by atoms with Gasteiger partial charge in [0.1, 0.15) is 0 Å². The fraction of sp³-hybridized carbons (Fsp3) is 1.00. The molecule has 2 unspecified atom stereocenters. The fourth-order valence-electron chi connectivity index (χ4n) is 1.11. The largest absolute Gasteiger partial charge is 0.396 e. The van der Waals surface area contributed by atoms with Crippen molar-refractivity contribution >= 4 is 0 Å². The van der Waals surface area contributed by atoms with Gasteiger partial charge in [0.2, 0.25) is 0 Å². The van der Waals surface area contributed by atoms with Crippen LogP contribution in [0.3, 0.4) is 0 Å². The molecule has 0 amide bonds. The van der Waals surface area contributed by atoms with E-state index in [0.717, 1.165) is 0 Å². The maximum absolute atomic E-state index is 8.88. The van der Waals surface area contributed by atoms with Crippen LogP contribution in [-0.2, 0) is 4.74 Å². The van der Waals surface area contributed by atoms with Crippen LogP contribution in [0, 0.1) is 5.92 Å². The van der Waals surface area contributed by atoms with Gasteiger partial charge in [-0.3, -0.25) is 0 Å². The summed E-state index contributed by atoms with van der Waals surface area (Å²) in [6.07, 6.45) is 0.106. The van der Waals surface area contributed by atoms with E-state index in [9.17, 15) is 0 Å². The summed E-state index contributed by atoms with van der Waals surface area (Å²) in [5.41, 5.74) is 0. The summed E-state index contributed by atoms with van der Waals surface area (Å²) in [4.78, 5) is 0. The van der Waals surface area contributed by atoms with Gasteiger partial charge in [-0.05, 0) is 13.3 Å². The minimum Gasteiger partial charge on any atom is -0.396 e. The molecule has 0 fully saturated rings. The van der Waals surface area contributed by atoms with Crippen LogP contribution in [0.5, 0.6) is 0 Å². The van der Waals surface area contributed by atoms with E-state index in [0.29, 0.717) is 13.0 Å². The Morgan fingerprint density at radius 1 is 1.17 bits per heavy atom. The van der Waals surface area contributed by atoms with Gasteiger partial charge in [0.15, 0.2) is 0 Å². The summed E-state index contributed by atoms with van der Waals surface area (Å²) in [5.74, 6) is -0.167. The highest BCUT2D eigenvalue weighted by Crippen LogP contribution is 2.11. The molecule has 0 heterocycles. The van der Waals surface area contributed by atoms with Gasteiger partial charge in [-0.2, -0.15) is 0 Å². The SMILES string of the molecule is CCOC(CO)C(CO)CCO. The first-order valence-electron chi connectivity index (χ1n) is 4.24. The smallest absolute Gasteiger partial charge is 0.0856 e. The predicted octanol–water partition coefficient (Wildman–Crippen LogP) is -0.625. The first-order valence-corrected chi connectivity index (χ1v) is 4.24. The average Bonchev–Trinajstić information content (AvgIpc) is 2.11. The lowest BCUT2D eigenvalue weighted by Crippen LogP contribution is -2.31. The lowest BCUT2D eigenvalue weighted by molar-refractivity contribution is -0.0385. The molecule has 0 aromatic heterocycles. The molecule has 0 saturated carbocycles. The molecule has 0 aliphatic carbocycles. The minimum absolute atomic E-state index is 0.00873. The normalized spacial score (nSPS) is 16.0. The molecule has 0 aliphatic rings. The molecular formula is C8H18O4. The van der Waals surface area contributed by atoms with E-state index in [-0.39, 0.29) is 31.8 Å². The van der Waals surface area contributed by atoms with Gasteiger partial charge in [0.05, 0.1) is 12.7 Å². The van der Waals surface area contributed by atoms with E-state index < -0.39 is 0 Å². The molecule has 74 valence electrons. The Hall–Kier alpha value is -0.160. The number of ether oxygens (including phenoxy) is 1. The predicted molar refractivity (Wildman–Crippen MR) is 44.8 cm³/mol. The Kier molecular flexibility index (Phi) is 7.39. The van der Waals surface area contributed by atoms with Gasteiger partial charge in [-0.15, -0.1) is 0 Å². The van der Waals surface area contributed by atoms with E-state index in [4.69, 9.17) is 20.1 Å². The lowest BCUT2D eigenvalue weighted by Gasteiger charge is -2.22. The van der Waals surface area contributed by atoms with Crippen LogP contribution in [0.2, 0.25) is 0 Å². The minimum atomic E-state index is -0.354. The van der Waals surface area contributed by atoms with Gasteiger partial charge in [0.25, 0.3) is 0 Å². The molecule has 3 N–H and O–H groups in total. The topological polar surface area (TPSA) is 69.9 Å². The number of hydrogen-bond acceptors (Lipinski definition) is 4. The van der Waals surface area contributed by atoms with Crippen molar-refractivity contribution < 1.29 is 20.1 Å². The molecule has 12 heavy (non-hydrogen) atoms. The van der Waals surface area contributed by atoms with Crippen molar-refractivity contribution in [2.24, 2.45) is 5.92 Å². The fourth-order valence-corrected chi connectivity index (χ4v) is 1.11. The zero-order valence-corrected chi connectivity index (χ0v) is 7.44. The van der Waals surface area contributed by atoms with Crippen LogP contribution in [0.25, 0.3) is 0 Å². The van der Waals surface area contributed by atoms with Crippen molar-refractivity contribution in [3.05, 3.63) is 0 Å². The number of aliphatic hydroxyl groups excluding tert-OH is 3. The van der Waals surface area contributed by atoms with Crippen molar-refractivity contribution in [1.82, 2.24) is 0 Å². The van der Waals surface area contributed by atoms with Crippen LogP contribution in [0.1, 0.15) is 13.3 Å². The summed E-state index contributed by atoms with van der Waals surface area (Å²) in [6.45, 7) is 2.17. The summed E-state index contributed by atoms with van der Waals surface area (Å²) in [6, 6.07) is 0. The first-order chi connectivity index (χ1) is 5.79. The molecule has 0 bridgehead atoms. The third-order valence-corrected chi connectivity index (χ3v) is 1.82. The molecule has 0 aliphatic heterocycles. The second-order valence-electron chi connectivity index (χ2n) is 2.63. The summed E-state index contributed by atoms with van der Waals surface area (Å²) < 4.78 is 5.18. The van der Waals surface area contributed by atoms with Gasteiger partial charge < -0.3 is 20.1 Å². The second-order valence-corrected chi connectivity index (χ2v) is 2.63.